The molecule has 0 bridgehead atoms. The molecule has 0 fully saturated rings. The van der Waals surface area contributed by atoms with Crippen molar-refractivity contribution in [3.05, 3.63) is 75.6 Å². The monoisotopic (exact) mass is 300 g/mol. The number of aryl methyl sites for hydroxylation is 1. The highest BCUT2D eigenvalue weighted by molar-refractivity contribution is 6.02. The van der Waals surface area contributed by atoms with Gasteiger partial charge in [-0.2, -0.15) is 0 Å². The van der Waals surface area contributed by atoms with E-state index in [0.29, 0.717) is 5.56 Å². The molecule has 0 aliphatic rings. The number of carbonyl (C=O) groups is 1. The minimum atomic E-state index is -0.569. The third-order valence-corrected chi connectivity index (χ3v) is 2.93. The van der Waals surface area contributed by atoms with Gasteiger partial charge in [-0.3, -0.25) is 14.9 Å². The fourth-order valence-electron chi connectivity index (χ4n) is 1.86. The van der Waals surface area contributed by atoms with Crippen molar-refractivity contribution in [3.8, 4) is 0 Å². The third kappa shape index (κ3) is 3.76. The maximum atomic E-state index is 13.6. The molecule has 2 rings (SSSR count). The van der Waals surface area contributed by atoms with E-state index in [1.807, 2.05) is 0 Å². The number of nitro benzene ring substituents is 1. The molecule has 2 aromatic carbocycles. The van der Waals surface area contributed by atoms with Gasteiger partial charge in [-0.05, 0) is 36.8 Å². The zero-order chi connectivity index (χ0) is 16.1. The van der Waals surface area contributed by atoms with E-state index in [9.17, 15) is 19.3 Å². The number of hydrogen-bond donors (Lipinski definition) is 1. The highest BCUT2D eigenvalue weighted by Gasteiger charge is 2.10. The topological polar surface area (TPSA) is 72.2 Å². The number of nitrogens with one attached hydrogen (secondary N) is 1. The first kappa shape index (κ1) is 15.4. The van der Waals surface area contributed by atoms with E-state index in [4.69, 9.17) is 0 Å². The molecule has 0 aromatic heterocycles. The average molecular weight is 300 g/mol. The normalized spacial score (nSPS) is 10.6. The van der Waals surface area contributed by atoms with Crippen LogP contribution in [0, 0.1) is 22.9 Å². The summed E-state index contributed by atoms with van der Waals surface area (Å²) in [4.78, 5) is 22.1. The summed E-state index contributed by atoms with van der Waals surface area (Å²) in [6.07, 6.45) is 2.45. The number of amides is 1. The van der Waals surface area contributed by atoms with Gasteiger partial charge in [0.2, 0.25) is 5.91 Å². The van der Waals surface area contributed by atoms with Gasteiger partial charge in [0, 0.05) is 12.1 Å². The summed E-state index contributed by atoms with van der Waals surface area (Å²) in [5.41, 5.74) is 0.994. The highest BCUT2D eigenvalue weighted by atomic mass is 19.1. The lowest BCUT2D eigenvalue weighted by molar-refractivity contribution is -0.385. The third-order valence-electron chi connectivity index (χ3n) is 2.93. The Hall–Kier alpha value is -3.02. The Morgan fingerprint density at radius 2 is 2.00 bits per heavy atom. The van der Waals surface area contributed by atoms with Crippen molar-refractivity contribution >= 4 is 23.4 Å². The Bertz CT molecular complexity index is 757. The summed E-state index contributed by atoms with van der Waals surface area (Å²) in [7, 11) is 0. The lowest BCUT2D eigenvalue weighted by Crippen LogP contribution is -2.09. The largest absolute Gasteiger partial charge is 0.320 e. The van der Waals surface area contributed by atoms with Crippen LogP contribution in [-0.4, -0.2) is 10.8 Å². The molecule has 0 saturated heterocycles. The summed E-state index contributed by atoms with van der Waals surface area (Å²) < 4.78 is 13.6. The SMILES string of the molecule is Cc1ccc(NC(=O)/C=C/c2ccccc2[N+](=O)[O-])c(F)c1. The first-order valence-corrected chi connectivity index (χ1v) is 6.46. The summed E-state index contributed by atoms with van der Waals surface area (Å²) in [5, 5.41) is 13.2. The van der Waals surface area contributed by atoms with Gasteiger partial charge < -0.3 is 5.32 Å². The lowest BCUT2D eigenvalue weighted by atomic mass is 10.1. The van der Waals surface area contributed by atoms with Crippen molar-refractivity contribution in [2.75, 3.05) is 5.32 Å². The summed E-state index contributed by atoms with van der Waals surface area (Å²) in [6.45, 7) is 1.74. The summed E-state index contributed by atoms with van der Waals surface area (Å²) >= 11 is 0. The van der Waals surface area contributed by atoms with Crippen LogP contribution in [0.3, 0.4) is 0 Å². The van der Waals surface area contributed by atoms with Gasteiger partial charge in [-0.25, -0.2) is 4.39 Å². The minimum absolute atomic E-state index is 0.0582. The smallest absolute Gasteiger partial charge is 0.276 e. The van der Waals surface area contributed by atoms with Gasteiger partial charge in [0.25, 0.3) is 5.69 Å². The maximum absolute atomic E-state index is 13.6. The molecule has 0 heterocycles. The van der Waals surface area contributed by atoms with Gasteiger partial charge in [0.1, 0.15) is 5.82 Å². The van der Waals surface area contributed by atoms with E-state index in [-0.39, 0.29) is 11.4 Å². The molecule has 22 heavy (non-hydrogen) atoms. The molecule has 5 nitrogen and oxygen atoms in total. The molecule has 0 unspecified atom stereocenters. The van der Waals surface area contributed by atoms with Crippen molar-refractivity contribution < 1.29 is 14.1 Å². The highest BCUT2D eigenvalue weighted by Crippen LogP contribution is 2.19. The van der Waals surface area contributed by atoms with Crippen LogP contribution in [0.1, 0.15) is 11.1 Å². The molecule has 0 saturated carbocycles. The van der Waals surface area contributed by atoms with E-state index in [0.717, 1.165) is 11.6 Å². The van der Waals surface area contributed by atoms with Gasteiger partial charge in [-0.15, -0.1) is 0 Å². The quantitative estimate of drug-likeness (QED) is 0.531. The zero-order valence-corrected chi connectivity index (χ0v) is 11.7. The van der Waals surface area contributed by atoms with Gasteiger partial charge in [0.05, 0.1) is 16.2 Å². The van der Waals surface area contributed by atoms with E-state index in [1.165, 1.54) is 36.4 Å². The molecular weight excluding hydrogens is 287 g/mol. The standard InChI is InChI=1S/C16H13FN2O3/c1-11-6-8-14(13(17)10-11)18-16(20)9-7-12-4-2-3-5-15(12)19(21)22/h2-10H,1H3,(H,18,20)/b9-7+. The van der Waals surface area contributed by atoms with Crippen molar-refractivity contribution in [3.63, 3.8) is 0 Å². The van der Waals surface area contributed by atoms with Crippen LogP contribution < -0.4 is 5.32 Å². The number of nitrogens with zero attached hydrogens (tertiary/aromatic N) is 1. The fraction of sp³-hybridized carbons (Fsp3) is 0.0625. The van der Waals surface area contributed by atoms with Crippen LogP contribution >= 0.6 is 0 Å². The van der Waals surface area contributed by atoms with Crippen LogP contribution in [0.5, 0.6) is 0 Å². The molecular formula is C16H13FN2O3. The molecule has 2 aromatic rings. The van der Waals surface area contributed by atoms with Crippen molar-refractivity contribution in [2.24, 2.45) is 0 Å². The van der Waals surface area contributed by atoms with Gasteiger partial charge in [-0.1, -0.05) is 18.2 Å². The molecule has 6 heteroatoms. The molecule has 0 radical (unpaired) electrons. The van der Waals surface area contributed by atoms with Crippen molar-refractivity contribution in [1.29, 1.82) is 0 Å². The predicted molar refractivity (Wildman–Crippen MR) is 81.9 cm³/mol. The molecule has 1 amide bonds. The van der Waals surface area contributed by atoms with Crippen LogP contribution in [0.25, 0.3) is 6.08 Å². The number of halogens is 1. The van der Waals surface area contributed by atoms with Crippen molar-refractivity contribution in [2.45, 2.75) is 6.92 Å². The first-order chi connectivity index (χ1) is 10.5. The molecule has 112 valence electrons. The number of anilines is 1. The van der Waals surface area contributed by atoms with Gasteiger partial charge in [0.15, 0.2) is 0 Å². The molecule has 0 aliphatic carbocycles. The van der Waals surface area contributed by atoms with E-state index in [2.05, 4.69) is 5.32 Å². The first-order valence-electron chi connectivity index (χ1n) is 6.46. The Balaban J connectivity index is 2.14. The van der Waals surface area contributed by atoms with Crippen molar-refractivity contribution in [1.82, 2.24) is 0 Å². The number of carbonyl (C=O) groups excluding carboxylic acids is 1. The zero-order valence-electron chi connectivity index (χ0n) is 11.7. The molecule has 0 atom stereocenters. The molecule has 1 N–H and O–H groups in total. The number of nitro groups is 1. The number of para-hydroxylation sites is 1. The van der Waals surface area contributed by atoms with Crippen LogP contribution in [0.15, 0.2) is 48.5 Å². The Morgan fingerprint density at radius 1 is 1.27 bits per heavy atom. The number of benzene rings is 2. The van der Waals surface area contributed by atoms with Gasteiger partial charge >= 0.3 is 0 Å². The summed E-state index contributed by atoms with van der Waals surface area (Å²) in [5.74, 6) is -1.10. The average Bonchev–Trinajstić information content (AvgIpc) is 2.48. The Kier molecular flexibility index (Phi) is 4.63. The number of rotatable bonds is 4. The van der Waals surface area contributed by atoms with E-state index < -0.39 is 16.6 Å². The predicted octanol–water partition coefficient (Wildman–Crippen LogP) is 3.69. The lowest BCUT2D eigenvalue weighted by Gasteiger charge is -2.04. The van der Waals surface area contributed by atoms with E-state index in [1.54, 1.807) is 19.1 Å². The maximum Gasteiger partial charge on any atom is 0.276 e. The summed E-state index contributed by atoms with van der Waals surface area (Å²) in [6, 6.07) is 10.5. The second kappa shape index (κ2) is 6.62. The Morgan fingerprint density at radius 3 is 2.68 bits per heavy atom. The number of hydrogen-bond acceptors (Lipinski definition) is 3. The second-order valence-electron chi connectivity index (χ2n) is 4.62. The molecule has 0 aliphatic heterocycles. The molecule has 0 spiro atoms. The Labute approximate surface area is 126 Å². The van der Waals surface area contributed by atoms with Crippen LogP contribution in [0.4, 0.5) is 15.8 Å². The van der Waals surface area contributed by atoms with E-state index >= 15 is 0 Å². The minimum Gasteiger partial charge on any atom is -0.320 e. The second-order valence-corrected chi connectivity index (χ2v) is 4.62. The fourth-order valence-corrected chi connectivity index (χ4v) is 1.86. The van der Waals surface area contributed by atoms with Crippen LogP contribution in [0.2, 0.25) is 0 Å². The van der Waals surface area contributed by atoms with Crippen LogP contribution in [-0.2, 0) is 4.79 Å².